The molecule has 1 rings (SSSR count). The van der Waals surface area contributed by atoms with E-state index < -0.39 is 6.10 Å². The van der Waals surface area contributed by atoms with Crippen LogP contribution in [0.25, 0.3) is 0 Å². The van der Waals surface area contributed by atoms with Crippen LogP contribution in [0.3, 0.4) is 0 Å². The van der Waals surface area contributed by atoms with E-state index in [4.69, 9.17) is 4.74 Å². The summed E-state index contributed by atoms with van der Waals surface area (Å²) >= 11 is 0. The molecule has 0 aliphatic rings. The summed E-state index contributed by atoms with van der Waals surface area (Å²) in [5, 5.41) is 10.3. The average molecular weight is 274 g/mol. The van der Waals surface area contributed by atoms with E-state index in [1.54, 1.807) is 6.08 Å². The lowest BCUT2D eigenvalue weighted by Gasteiger charge is -2.37. The zero-order chi connectivity index (χ0) is 15.0. The molecule has 0 saturated heterocycles. The van der Waals surface area contributed by atoms with Gasteiger partial charge in [-0.3, -0.25) is 0 Å². The SMILES string of the molecule is C=CC[C@H](OCc1ccccc1)C(C)(C)[C@@H](O)CC=C. The maximum atomic E-state index is 10.3. The van der Waals surface area contributed by atoms with E-state index in [0.717, 1.165) is 5.56 Å². The molecular formula is C18H26O2. The first-order chi connectivity index (χ1) is 9.52. The molecule has 1 aromatic carbocycles. The molecule has 20 heavy (non-hydrogen) atoms. The minimum Gasteiger partial charge on any atom is -0.392 e. The number of benzene rings is 1. The molecule has 0 aliphatic carbocycles. The van der Waals surface area contributed by atoms with Crippen LogP contribution in [0.1, 0.15) is 32.3 Å². The largest absolute Gasteiger partial charge is 0.392 e. The van der Waals surface area contributed by atoms with Crippen molar-refractivity contribution in [3.05, 3.63) is 61.2 Å². The zero-order valence-corrected chi connectivity index (χ0v) is 12.6. The molecule has 0 aliphatic heterocycles. The summed E-state index contributed by atoms with van der Waals surface area (Å²) < 4.78 is 6.04. The Morgan fingerprint density at radius 2 is 1.75 bits per heavy atom. The Labute approximate surface area is 122 Å². The highest BCUT2D eigenvalue weighted by Crippen LogP contribution is 2.32. The van der Waals surface area contributed by atoms with Gasteiger partial charge in [0, 0.05) is 5.41 Å². The van der Waals surface area contributed by atoms with Crippen LogP contribution in [0, 0.1) is 5.41 Å². The van der Waals surface area contributed by atoms with Gasteiger partial charge in [-0.25, -0.2) is 0 Å². The highest BCUT2D eigenvalue weighted by molar-refractivity contribution is 5.13. The molecule has 0 fully saturated rings. The lowest BCUT2D eigenvalue weighted by molar-refractivity contribution is -0.0887. The van der Waals surface area contributed by atoms with Crippen molar-refractivity contribution in [3.63, 3.8) is 0 Å². The lowest BCUT2D eigenvalue weighted by Crippen LogP contribution is -2.41. The van der Waals surface area contributed by atoms with Crippen molar-refractivity contribution in [1.29, 1.82) is 0 Å². The number of ether oxygens (including phenoxy) is 1. The van der Waals surface area contributed by atoms with Crippen LogP contribution in [0.5, 0.6) is 0 Å². The van der Waals surface area contributed by atoms with E-state index in [0.29, 0.717) is 19.4 Å². The molecule has 0 unspecified atom stereocenters. The number of aliphatic hydroxyl groups excluding tert-OH is 1. The first-order valence-electron chi connectivity index (χ1n) is 7.07. The summed E-state index contributed by atoms with van der Waals surface area (Å²) in [5.41, 5.74) is 0.785. The molecule has 0 heterocycles. The third-order valence-electron chi connectivity index (χ3n) is 3.75. The van der Waals surface area contributed by atoms with Crippen molar-refractivity contribution in [2.45, 2.75) is 45.5 Å². The topological polar surface area (TPSA) is 29.5 Å². The van der Waals surface area contributed by atoms with Gasteiger partial charge in [-0.15, -0.1) is 13.2 Å². The van der Waals surface area contributed by atoms with E-state index >= 15 is 0 Å². The third kappa shape index (κ3) is 4.62. The van der Waals surface area contributed by atoms with Crippen molar-refractivity contribution < 1.29 is 9.84 Å². The van der Waals surface area contributed by atoms with E-state index in [1.807, 2.05) is 50.3 Å². The second-order valence-electron chi connectivity index (χ2n) is 5.67. The predicted octanol–water partition coefficient (Wildman–Crippen LogP) is 4.11. The van der Waals surface area contributed by atoms with E-state index in [9.17, 15) is 5.11 Å². The van der Waals surface area contributed by atoms with E-state index in [2.05, 4.69) is 13.2 Å². The highest BCUT2D eigenvalue weighted by Gasteiger charge is 2.35. The summed E-state index contributed by atoms with van der Waals surface area (Å²) in [6.45, 7) is 12.1. The van der Waals surface area contributed by atoms with Crippen LogP contribution >= 0.6 is 0 Å². The molecule has 110 valence electrons. The quantitative estimate of drug-likeness (QED) is 0.687. The van der Waals surface area contributed by atoms with Gasteiger partial charge in [0.15, 0.2) is 0 Å². The fourth-order valence-electron chi connectivity index (χ4n) is 2.19. The van der Waals surface area contributed by atoms with Crippen LogP contribution in [0.2, 0.25) is 0 Å². The predicted molar refractivity (Wildman–Crippen MR) is 84.4 cm³/mol. The fourth-order valence-corrected chi connectivity index (χ4v) is 2.19. The molecule has 1 N–H and O–H groups in total. The number of aliphatic hydroxyl groups is 1. The standard InChI is InChI=1S/C18H26O2/c1-5-10-16(19)18(3,4)17(11-6-2)20-14-15-12-8-7-9-13-15/h5-9,12-13,16-17,19H,1-2,10-11,14H2,3-4H3/t16-,17-/m0/s1. The Morgan fingerprint density at radius 1 is 1.15 bits per heavy atom. The Morgan fingerprint density at radius 3 is 2.30 bits per heavy atom. The summed E-state index contributed by atoms with van der Waals surface area (Å²) in [6, 6.07) is 10.1. The molecule has 0 bridgehead atoms. The molecule has 0 spiro atoms. The second-order valence-corrected chi connectivity index (χ2v) is 5.67. The second kappa shape index (κ2) is 8.03. The van der Waals surface area contributed by atoms with Crippen molar-refractivity contribution in [2.75, 3.05) is 0 Å². The van der Waals surface area contributed by atoms with Gasteiger partial charge in [0.1, 0.15) is 0 Å². The number of hydrogen-bond donors (Lipinski definition) is 1. The summed E-state index contributed by atoms with van der Waals surface area (Å²) in [4.78, 5) is 0. The van der Waals surface area contributed by atoms with E-state index in [-0.39, 0.29) is 11.5 Å². The van der Waals surface area contributed by atoms with Gasteiger partial charge < -0.3 is 9.84 Å². The molecule has 2 heteroatoms. The normalized spacial score (nSPS) is 14.6. The van der Waals surface area contributed by atoms with Crippen LogP contribution in [0.15, 0.2) is 55.6 Å². The Balaban J connectivity index is 2.72. The first kappa shape index (κ1) is 16.7. The number of hydrogen-bond acceptors (Lipinski definition) is 2. The molecular weight excluding hydrogens is 248 g/mol. The first-order valence-corrected chi connectivity index (χ1v) is 7.07. The van der Waals surface area contributed by atoms with Gasteiger partial charge in [-0.2, -0.15) is 0 Å². The maximum absolute atomic E-state index is 10.3. The van der Waals surface area contributed by atoms with Crippen molar-refractivity contribution in [1.82, 2.24) is 0 Å². The summed E-state index contributed by atoms with van der Waals surface area (Å²) in [5.74, 6) is 0. The summed E-state index contributed by atoms with van der Waals surface area (Å²) in [6.07, 6.45) is 4.33. The van der Waals surface area contributed by atoms with Crippen molar-refractivity contribution >= 4 is 0 Å². The fraction of sp³-hybridized carbons (Fsp3) is 0.444. The minimum atomic E-state index is -0.472. The van der Waals surface area contributed by atoms with E-state index in [1.165, 1.54) is 0 Å². The van der Waals surface area contributed by atoms with Crippen LogP contribution in [0.4, 0.5) is 0 Å². The molecule has 2 atom stereocenters. The molecule has 1 aromatic rings. The lowest BCUT2D eigenvalue weighted by atomic mass is 9.78. The molecule has 2 nitrogen and oxygen atoms in total. The Hall–Kier alpha value is -1.38. The smallest absolute Gasteiger partial charge is 0.0721 e. The van der Waals surface area contributed by atoms with Gasteiger partial charge in [-0.1, -0.05) is 56.3 Å². The third-order valence-corrected chi connectivity index (χ3v) is 3.75. The van der Waals surface area contributed by atoms with Gasteiger partial charge in [0.05, 0.1) is 18.8 Å². The minimum absolute atomic E-state index is 0.0739. The zero-order valence-electron chi connectivity index (χ0n) is 12.6. The molecule has 0 radical (unpaired) electrons. The monoisotopic (exact) mass is 274 g/mol. The van der Waals surface area contributed by atoms with Crippen molar-refractivity contribution in [2.24, 2.45) is 5.41 Å². The molecule has 0 saturated carbocycles. The van der Waals surface area contributed by atoms with Gasteiger partial charge in [-0.05, 0) is 18.4 Å². The average Bonchev–Trinajstić information content (AvgIpc) is 2.44. The number of rotatable bonds is 9. The van der Waals surface area contributed by atoms with Crippen LogP contribution < -0.4 is 0 Å². The van der Waals surface area contributed by atoms with Gasteiger partial charge in [0.2, 0.25) is 0 Å². The van der Waals surface area contributed by atoms with Crippen LogP contribution in [-0.2, 0) is 11.3 Å². The maximum Gasteiger partial charge on any atom is 0.0721 e. The van der Waals surface area contributed by atoms with Crippen LogP contribution in [-0.4, -0.2) is 17.3 Å². The Kier molecular flexibility index (Phi) is 6.69. The highest BCUT2D eigenvalue weighted by atomic mass is 16.5. The molecule has 0 amide bonds. The Bertz CT molecular complexity index is 409. The molecule has 0 aromatic heterocycles. The summed E-state index contributed by atoms with van der Waals surface area (Å²) in [7, 11) is 0. The van der Waals surface area contributed by atoms with Gasteiger partial charge in [0.25, 0.3) is 0 Å². The van der Waals surface area contributed by atoms with Gasteiger partial charge >= 0.3 is 0 Å². The van der Waals surface area contributed by atoms with Crippen molar-refractivity contribution in [3.8, 4) is 0 Å².